The number of hydrogen-bond donors (Lipinski definition) is 0. The SMILES string of the molecule is CCOC(=O)CC(C)(c1ccc(F)cc1Br)N(C)C. The van der Waals surface area contributed by atoms with Crippen molar-refractivity contribution in [2.45, 2.75) is 25.8 Å². The third-order valence-electron chi connectivity index (χ3n) is 3.29. The predicted molar refractivity (Wildman–Crippen MR) is 76.4 cm³/mol. The molecule has 1 unspecified atom stereocenters. The van der Waals surface area contributed by atoms with Crippen molar-refractivity contribution in [2.24, 2.45) is 0 Å². The number of carbonyl (C=O) groups is 1. The first-order valence-corrected chi connectivity index (χ1v) is 6.89. The molecule has 1 rings (SSSR count). The highest BCUT2D eigenvalue weighted by Gasteiger charge is 2.34. The molecule has 1 aromatic rings. The van der Waals surface area contributed by atoms with E-state index in [0.29, 0.717) is 11.1 Å². The molecule has 106 valence electrons. The Hall–Kier alpha value is -0.940. The maximum Gasteiger partial charge on any atom is 0.308 e. The molecule has 5 heteroatoms. The largest absolute Gasteiger partial charge is 0.466 e. The van der Waals surface area contributed by atoms with E-state index < -0.39 is 5.54 Å². The fraction of sp³-hybridized carbons (Fsp3) is 0.500. The van der Waals surface area contributed by atoms with Crippen LogP contribution in [0.15, 0.2) is 22.7 Å². The van der Waals surface area contributed by atoms with E-state index in [0.717, 1.165) is 5.56 Å². The van der Waals surface area contributed by atoms with E-state index in [2.05, 4.69) is 15.9 Å². The minimum absolute atomic E-state index is 0.206. The fourth-order valence-electron chi connectivity index (χ4n) is 1.91. The topological polar surface area (TPSA) is 29.5 Å². The number of esters is 1. The highest BCUT2D eigenvalue weighted by atomic mass is 79.9. The Morgan fingerprint density at radius 2 is 2.11 bits per heavy atom. The van der Waals surface area contributed by atoms with Gasteiger partial charge in [-0.1, -0.05) is 22.0 Å². The number of rotatable bonds is 5. The second-order valence-corrected chi connectivity index (χ2v) is 5.63. The molecule has 3 nitrogen and oxygen atoms in total. The molecule has 1 atom stereocenters. The fourth-order valence-corrected chi connectivity index (χ4v) is 2.69. The summed E-state index contributed by atoms with van der Waals surface area (Å²) in [6, 6.07) is 4.49. The molecule has 0 radical (unpaired) electrons. The zero-order valence-electron chi connectivity index (χ0n) is 11.7. The van der Waals surface area contributed by atoms with Crippen LogP contribution in [0.1, 0.15) is 25.8 Å². The van der Waals surface area contributed by atoms with Crippen molar-refractivity contribution in [3.63, 3.8) is 0 Å². The molecule has 19 heavy (non-hydrogen) atoms. The summed E-state index contributed by atoms with van der Waals surface area (Å²) in [6.07, 6.45) is 0.206. The molecule has 0 aliphatic heterocycles. The van der Waals surface area contributed by atoms with Crippen molar-refractivity contribution in [3.8, 4) is 0 Å². The molecule has 1 aromatic carbocycles. The van der Waals surface area contributed by atoms with Crippen molar-refractivity contribution in [1.29, 1.82) is 0 Å². The first-order chi connectivity index (χ1) is 8.81. The van der Waals surface area contributed by atoms with E-state index in [4.69, 9.17) is 4.74 Å². The van der Waals surface area contributed by atoms with Crippen LogP contribution in [0.2, 0.25) is 0 Å². The summed E-state index contributed by atoms with van der Waals surface area (Å²) in [5.41, 5.74) is 0.297. The molecule has 0 aliphatic rings. The minimum atomic E-state index is -0.557. The van der Waals surface area contributed by atoms with Crippen LogP contribution in [-0.2, 0) is 15.1 Å². The van der Waals surface area contributed by atoms with Gasteiger partial charge in [-0.15, -0.1) is 0 Å². The lowest BCUT2D eigenvalue weighted by atomic mass is 9.87. The second-order valence-electron chi connectivity index (χ2n) is 4.77. The summed E-state index contributed by atoms with van der Waals surface area (Å²) in [5, 5.41) is 0. The van der Waals surface area contributed by atoms with Gasteiger partial charge in [0.25, 0.3) is 0 Å². The monoisotopic (exact) mass is 331 g/mol. The average molecular weight is 332 g/mol. The molecule has 0 aliphatic carbocycles. The summed E-state index contributed by atoms with van der Waals surface area (Å²) in [4.78, 5) is 13.7. The third kappa shape index (κ3) is 3.76. The highest BCUT2D eigenvalue weighted by Crippen LogP contribution is 2.35. The zero-order valence-corrected chi connectivity index (χ0v) is 13.3. The highest BCUT2D eigenvalue weighted by molar-refractivity contribution is 9.10. The van der Waals surface area contributed by atoms with E-state index in [1.807, 2.05) is 25.9 Å². The Balaban J connectivity index is 3.14. The van der Waals surface area contributed by atoms with E-state index in [1.165, 1.54) is 12.1 Å². The van der Waals surface area contributed by atoms with Crippen LogP contribution < -0.4 is 0 Å². The van der Waals surface area contributed by atoms with Crippen LogP contribution >= 0.6 is 15.9 Å². The van der Waals surface area contributed by atoms with Crippen LogP contribution in [0.4, 0.5) is 4.39 Å². The van der Waals surface area contributed by atoms with Crippen LogP contribution in [-0.4, -0.2) is 31.6 Å². The number of benzene rings is 1. The summed E-state index contributed by atoms with van der Waals surface area (Å²) in [7, 11) is 3.77. The van der Waals surface area contributed by atoms with Gasteiger partial charge in [-0.05, 0) is 45.6 Å². The van der Waals surface area contributed by atoms with Gasteiger partial charge in [0.05, 0.1) is 18.6 Å². The zero-order chi connectivity index (χ0) is 14.6. The first kappa shape index (κ1) is 16.1. The normalized spacial score (nSPS) is 14.3. The molecule has 0 saturated carbocycles. The molecular formula is C14H19BrFNO2. The predicted octanol–water partition coefficient (Wildman–Crippen LogP) is 3.32. The number of hydrogen-bond acceptors (Lipinski definition) is 3. The molecule has 0 heterocycles. The van der Waals surface area contributed by atoms with Gasteiger partial charge in [-0.3, -0.25) is 9.69 Å². The van der Waals surface area contributed by atoms with Gasteiger partial charge in [-0.2, -0.15) is 0 Å². The number of carbonyl (C=O) groups excluding carboxylic acids is 1. The van der Waals surface area contributed by atoms with Crippen LogP contribution in [0.25, 0.3) is 0 Å². The number of ether oxygens (including phenoxy) is 1. The Morgan fingerprint density at radius 3 is 2.58 bits per heavy atom. The second kappa shape index (κ2) is 6.48. The van der Waals surface area contributed by atoms with Crippen molar-refractivity contribution in [1.82, 2.24) is 4.90 Å². The van der Waals surface area contributed by atoms with E-state index >= 15 is 0 Å². The van der Waals surface area contributed by atoms with Crippen LogP contribution in [0, 0.1) is 5.82 Å². The maximum atomic E-state index is 13.2. The Labute approximate surface area is 121 Å². The van der Waals surface area contributed by atoms with Gasteiger partial charge in [-0.25, -0.2) is 4.39 Å². The van der Waals surface area contributed by atoms with Gasteiger partial charge in [0.2, 0.25) is 0 Å². The van der Waals surface area contributed by atoms with Crippen molar-refractivity contribution in [3.05, 3.63) is 34.1 Å². The molecule has 0 aromatic heterocycles. The quantitative estimate of drug-likeness (QED) is 0.775. The molecule has 0 fully saturated rings. The van der Waals surface area contributed by atoms with Crippen LogP contribution in [0.3, 0.4) is 0 Å². The molecule has 0 bridgehead atoms. The first-order valence-electron chi connectivity index (χ1n) is 6.10. The lowest BCUT2D eigenvalue weighted by Crippen LogP contribution is -2.41. The Bertz CT molecular complexity index is 465. The third-order valence-corrected chi connectivity index (χ3v) is 3.95. The van der Waals surface area contributed by atoms with Gasteiger partial charge < -0.3 is 4.74 Å². The number of halogens is 2. The van der Waals surface area contributed by atoms with Crippen molar-refractivity contribution in [2.75, 3.05) is 20.7 Å². The average Bonchev–Trinajstić information content (AvgIpc) is 2.28. The Kier molecular flexibility index (Phi) is 5.50. The summed E-state index contributed by atoms with van der Waals surface area (Å²) < 4.78 is 18.8. The van der Waals surface area contributed by atoms with Gasteiger partial charge in [0, 0.05) is 4.47 Å². The molecule has 0 spiro atoms. The number of nitrogens with zero attached hydrogens (tertiary/aromatic N) is 1. The Morgan fingerprint density at radius 1 is 1.47 bits per heavy atom. The van der Waals surface area contributed by atoms with Gasteiger partial charge >= 0.3 is 5.97 Å². The standard InChI is InChI=1S/C14H19BrFNO2/c1-5-19-13(18)9-14(2,17(3)4)11-7-6-10(16)8-12(11)15/h6-8H,5,9H2,1-4H3. The molecule has 0 amide bonds. The lowest BCUT2D eigenvalue weighted by molar-refractivity contribution is -0.146. The van der Waals surface area contributed by atoms with Crippen molar-refractivity contribution >= 4 is 21.9 Å². The summed E-state index contributed by atoms with van der Waals surface area (Å²) in [6.45, 7) is 4.06. The summed E-state index contributed by atoms with van der Waals surface area (Å²) in [5.74, 6) is -0.581. The van der Waals surface area contributed by atoms with E-state index in [9.17, 15) is 9.18 Å². The van der Waals surface area contributed by atoms with Gasteiger partial charge in [0.1, 0.15) is 5.82 Å². The minimum Gasteiger partial charge on any atom is -0.466 e. The smallest absolute Gasteiger partial charge is 0.308 e. The van der Waals surface area contributed by atoms with Crippen molar-refractivity contribution < 1.29 is 13.9 Å². The van der Waals surface area contributed by atoms with E-state index in [1.54, 1.807) is 13.0 Å². The van der Waals surface area contributed by atoms with E-state index in [-0.39, 0.29) is 18.2 Å². The van der Waals surface area contributed by atoms with Crippen LogP contribution in [0.5, 0.6) is 0 Å². The summed E-state index contributed by atoms with van der Waals surface area (Å²) >= 11 is 3.36. The molecule has 0 N–H and O–H groups in total. The molecular weight excluding hydrogens is 313 g/mol. The van der Waals surface area contributed by atoms with Gasteiger partial charge in [0.15, 0.2) is 0 Å². The molecule has 0 saturated heterocycles. The lowest BCUT2D eigenvalue weighted by Gasteiger charge is -2.37. The maximum absolute atomic E-state index is 13.2.